The number of carbonyl (C=O) groups is 2. The molecule has 8 nitrogen and oxygen atoms in total. The van der Waals surface area contributed by atoms with Crippen LogP contribution in [0.4, 0.5) is 5.69 Å². The lowest BCUT2D eigenvalue weighted by Crippen LogP contribution is -2.44. The Balaban J connectivity index is 1.64. The molecule has 0 unspecified atom stereocenters. The zero-order valence-corrected chi connectivity index (χ0v) is 20.9. The first-order valence-corrected chi connectivity index (χ1v) is 12.4. The Morgan fingerprint density at radius 3 is 2.76 bits per heavy atom. The zero-order chi connectivity index (χ0) is 24.4. The van der Waals surface area contributed by atoms with Gasteiger partial charge in [-0.15, -0.1) is 11.3 Å². The SMILES string of the molecule is CCOc1ccccc1N(C)C(=O)c1sc2ncn(CC(=O)N3CCCC[C@H]3C)c(=O)c2c1C. The number of likely N-dealkylation sites (tertiary alicyclic amines) is 1. The van der Waals surface area contributed by atoms with Crippen LogP contribution in [0.1, 0.15) is 48.3 Å². The van der Waals surface area contributed by atoms with Gasteiger partial charge in [0.25, 0.3) is 11.5 Å². The highest BCUT2D eigenvalue weighted by molar-refractivity contribution is 7.20. The summed E-state index contributed by atoms with van der Waals surface area (Å²) < 4.78 is 7.03. The van der Waals surface area contributed by atoms with Crippen LogP contribution in [-0.4, -0.2) is 52.5 Å². The van der Waals surface area contributed by atoms with Crippen molar-refractivity contribution >= 4 is 39.1 Å². The number of hydrogen-bond donors (Lipinski definition) is 0. The predicted molar refractivity (Wildman–Crippen MR) is 134 cm³/mol. The first-order valence-electron chi connectivity index (χ1n) is 11.6. The van der Waals surface area contributed by atoms with E-state index >= 15 is 0 Å². The Morgan fingerprint density at radius 1 is 1.26 bits per heavy atom. The summed E-state index contributed by atoms with van der Waals surface area (Å²) in [6.45, 7) is 6.85. The van der Waals surface area contributed by atoms with Crippen LogP contribution in [0.25, 0.3) is 10.2 Å². The molecule has 0 N–H and O–H groups in total. The van der Waals surface area contributed by atoms with Crippen molar-refractivity contribution in [2.75, 3.05) is 25.1 Å². The largest absolute Gasteiger partial charge is 0.492 e. The monoisotopic (exact) mass is 482 g/mol. The molecule has 0 saturated carbocycles. The van der Waals surface area contributed by atoms with Gasteiger partial charge in [0.2, 0.25) is 5.91 Å². The summed E-state index contributed by atoms with van der Waals surface area (Å²) in [6.07, 6.45) is 4.49. The molecule has 4 rings (SSSR count). The van der Waals surface area contributed by atoms with Crippen LogP contribution in [0.3, 0.4) is 0 Å². The van der Waals surface area contributed by atoms with E-state index in [1.165, 1.54) is 27.1 Å². The highest BCUT2D eigenvalue weighted by atomic mass is 32.1. The van der Waals surface area contributed by atoms with Gasteiger partial charge in [-0.2, -0.15) is 0 Å². The minimum Gasteiger partial charge on any atom is -0.492 e. The Labute approximate surface area is 202 Å². The van der Waals surface area contributed by atoms with Crippen molar-refractivity contribution in [1.82, 2.24) is 14.5 Å². The van der Waals surface area contributed by atoms with E-state index in [1.807, 2.05) is 43.0 Å². The number of carbonyl (C=O) groups excluding carboxylic acids is 2. The second kappa shape index (κ2) is 9.97. The van der Waals surface area contributed by atoms with Gasteiger partial charge in [-0.25, -0.2) is 4.98 Å². The lowest BCUT2D eigenvalue weighted by Gasteiger charge is -2.33. The molecule has 9 heteroatoms. The fourth-order valence-electron chi connectivity index (χ4n) is 4.45. The number of amides is 2. The molecule has 180 valence electrons. The molecule has 2 amide bonds. The van der Waals surface area contributed by atoms with Gasteiger partial charge in [-0.05, 0) is 57.7 Å². The summed E-state index contributed by atoms with van der Waals surface area (Å²) in [7, 11) is 1.69. The van der Waals surface area contributed by atoms with Crippen molar-refractivity contribution in [2.45, 2.75) is 52.6 Å². The van der Waals surface area contributed by atoms with E-state index in [0.29, 0.717) is 38.7 Å². The second-order valence-corrected chi connectivity index (χ2v) is 9.61. The number of nitrogens with zero attached hydrogens (tertiary/aromatic N) is 4. The molecule has 2 aromatic heterocycles. The third-order valence-electron chi connectivity index (χ3n) is 6.37. The smallest absolute Gasteiger partial charge is 0.268 e. The molecule has 0 radical (unpaired) electrons. The Hall–Kier alpha value is -3.20. The highest BCUT2D eigenvalue weighted by Crippen LogP contribution is 2.32. The Morgan fingerprint density at radius 2 is 2.03 bits per heavy atom. The van der Waals surface area contributed by atoms with Gasteiger partial charge in [0, 0.05) is 19.6 Å². The molecule has 3 heterocycles. The number of hydrogen-bond acceptors (Lipinski definition) is 6. The summed E-state index contributed by atoms with van der Waals surface area (Å²) in [6, 6.07) is 7.52. The number of aromatic nitrogens is 2. The van der Waals surface area contributed by atoms with E-state index in [1.54, 1.807) is 14.0 Å². The average molecular weight is 483 g/mol. The van der Waals surface area contributed by atoms with Crippen LogP contribution in [-0.2, 0) is 11.3 Å². The average Bonchev–Trinajstić information content (AvgIpc) is 3.17. The zero-order valence-electron chi connectivity index (χ0n) is 20.0. The summed E-state index contributed by atoms with van der Waals surface area (Å²) in [5.41, 5.74) is 0.933. The van der Waals surface area contributed by atoms with Crippen molar-refractivity contribution < 1.29 is 14.3 Å². The maximum absolute atomic E-state index is 13.4. The number of aryl methyl sites for hydroxylation is 1. The third kappa shape index (κ3) is 4.44. The molecule has 1 aromatic carbocycles. The van der Waals surface area contributed by atoms with Crippen LogP contribution >= 0.6 is 11.3 Å². The quantitative estimate of drug-likeness (QED) is 0.533. The van der Waals surface area contributed by atoms with E-state index in [0.717, 1.165) is 25.8 Å². The molecule has 1 fully saturated rings. The normalized spacial score (nSPS) is 16.0. The molecule has 0 spiro atoms. The second-order valence-electron chi connectivity index (χ2n) is 8.61. The van der Waals surface area contributed by atoms with Crippen molar-refractivity contribution in [3.05, 3.63) is 51.4 Å². The number of ether oxygens (including phenoxy) is 1. The van der Waals surface area contributed by atoms with Crippen LogP contribution < -0.4 is 15.2 Å². The van der Waals surface area contributed by atoms with Crippen LogP contribution in [0.15, 0.2) is 35.4 Å². The third-order valence-corrected chi connectivity index (χ3v) is 7.56. The van der Waals surface area contributed by atoms with Gasteiger partial charge in [0.1, 0.15) is 17.1 Å². The summed E-state index contributed by atoms with van der Waals surface area (Å²) in [4.78, 5) is 48.3. The van der Waals surface area contributed by atoms with Crippen molar-refractivity contribution in [3.8, 4) is 5.75 Å². The van der Waals surface area contributed by atoms with Gasteiger partial charge in [-0.3, -0.25) is 19.0 Å². The summed E-state index contributed by atoms with van der Waals surface area (Å²) in [5, 5.41) is 0.391. The lowest BCUT2D eigenvalue weighted by atomic mass is 10.0. The van der Waals surface area contributed by atoms with Gasteiger partial charge in [0.05, 0.1) is 28.9 Å². The number of piperidine rings is 1. The molecule has 34 heavy (non-hydrogen) atoms. The minimum atomic E-state index is -0.298. The number of thiophene rings is 1. The van der Waals surface area contributed by atoms with Gasteiger partial charge >= 0.3 is 0 Å². The van der Waals surface area contributed by atoms with E-state index in [9.17, 15) is 14.4 Å². The van der Waals surface area contributed by atoms with E-state index in [-0.39, 0.29) is 30.0 Å². The van der Waals surface area contributed by atoms with Crippen molar-refractivity contribution in [1.29, 1.82) is 0 Å². The van der Waals surface area contributed by atoms with E-state index < -0.39 is 0 Å². The molecule has 3 aromatic rings. The number of anilines is 1. The maximum Gasteiger partial charge on any atom is 0.268 e. The van der Waals surface area contributed by atoms with Crippen LogP contribution in [0.5, 0.6) is 5.75 Å². The fourth-order valence-corrected chi connectivity index (χ4v) is 5.57. The van der Waals surface area contributed by atoms with Gasteiger partial charge < -0.3 is 14.5 Å². The minimum absolute atomic E-state index is 0.0493. The van der Waals surface area contributed by atoms with E-state index in [2.05, 4.69) is 4.98 Å². The number of rotatable bonds is 6. The summed E-state index contributed by atoms with van der Waals surface area (Å²) in [5.74, 6) is 0.300. The van der Waals surface area contributed by atoms with Gasteiger partial charge in [-0.1, -0.05) is 12.1 Å². The number of para-hydroxylation sites is 2. The standard InChI is InChI=1S/C25H30N4O4S/c1-5-33-19-12-7-6-11-18(19)27(4)25(32)22-17(3)21-23(34-22)26-15-28(24(21)31)14-20(30)29-13-9-8-10-16(29)2/h6-7,11-12,15-16H,5,8-10,13-14H2,1-4H3/t16-/m1/s1. The van der Waals surface area contributed by atoms with Crippen molar-refractivity contribution in [3.63, 3.8) is 0 Å². The van der Waals surface area contributed by atoms with Crippen LogP contribution in [0.2, 0.25) is 0 Å². The molecule has 1 atom stereocenters. The first-order chi connectivity index (χ1) is 16.3. The van der Waals surface area contributed by atoms with Gasteiger partial charge in [0.15, 0.2) is 0 Å². The molecule has 0 bridgehead atoms. The predicted octanol–water partition coefficient (Wildman–Crippen LogP) is 3.84. The fraction of sp³-hybridized carbons (Fsp3) is 0.440. The Kier molecular flexibility index (Phi) is 7.02. The molecule has 0 aliphatic carbocycles. The molecular formula is C25H30N4O4S. The summed E-state index contributed by atoms with van der Waals surface area (Å²) >= 11 is 1.19. The molecule has 1 aliphatic rings. The first kappa shape index (κ1) is 23.9. The number of benzene rings is 1. The molecule has 1 saturated heterocycles. The highest BCUT2D eigenvalue weighted by Gasteiger charge is 2.26. The number of fused-ring (bicyclic) bond motifs is 1. The van der Waals surface area contributed by atoms with E-state index in [4.69, 9.17) is 4.74 Å². The topological polar surface area (TPSA) is 84.7 Å². The van der Waals surface area contributed by atoms with Crippen molar-refractivity contribution in [2.24, 2.45) is 0 Å². The Bertz CT molecular complexity index is 1280. The van der Waals surface area contributed by atoms with Crippen LogP contribution in [0, 0.1) is 6.92 Å². The molecular weight excluding hydrogens is 452 g/mol. The lowest BCUT2D eigenvalue weighted by molar-refractivity contribution is -0.135. The molecule has 1 aliphatic heterocycles. The maximum atomic E-state index is 13.4.